The molecule has 6 nitrogen and oxygen atoms in total. The fourth-order valence-electron chi connectivity index (χ4n) is 1.59. The van der Waals surface area contributed by atoms with E-state index >= 15 is 0 Å². The number of benzene rings is 1. The quantitative estimate of drug-likeness (QED) is 0.880. The van der Waals surface area contributed by atoms with Gasteiger partial charge in [-0.1, -0.05) is 0 Å². The van der Waals surface area contributed by atoms with Crippen molar-refractivity contribution < 1.29 is 12.8 Å². The summed E-state index contributed by atoms with van der Waals surface area (Å²) in [5, 5.41) is 3.89. The lowest BCUT2D eigenvalue weighted by molar-refractivity contribution is 0.493. The standard InChI is InChI=1S/C11H13FN4O2S/c1-9(6-16-8-13-7-14-16)15-19(17,18)11-4-2-10(12)3-5-11/h2-5,7-9,15H,6H2,1H3. The highest BCUT2D eigenvalue weighted by Crippen LogP contribution is 2.10. The van der Waals surface area contributed by atoms with E-state index in [4.69, 9.17) is 0 Å². The fraction of sp³-hybridized carbons (Fsp3) is 0.273. The number of nitrogens with zero attached hydrogens (tertiary/aromatic N) is 3. The van der Waals surface area contributed by atoms with E-state index in [0.717, 1.165) is 12.1 Å². The van der Waals surface area contributed by atoms with Crippen LogP contribution in [-0.2, 0) is 16.6 Å². The number of aromatic nitrogens is 3. The van der Waals surface area contributed by atoms with E-state index in [1.807, 2.05) is 0 Å². The van der Waals surface area contributed by atoms with Crippen molar-refractivity contribution in [2.45, 2.75) is 24.4 Å². The first-order valence-electron chi connectivity index (χ1n) is 5.58. The Hall–Kier alpha value is -1.80. The first kappa shape index (κ1) is 13.6. The number of sulfonamides is 1. The highest BCUT2D eigenvalue weighted by molar-refractivity contribution is 7.89. The average Bonchev–Trinajstić information content (AvgIpc) is 2.81. The van der Waals surface area contributed by atoms with E-state index in [1.54, 1.807) is 6.92 Å². The molecule has 2 rings (SSSR count). The van der Waals surface area contributed by atoms with E-state index < -0.39 is 15.8 Å². The Labute approximate surface area is 110 Å². The molecule has 0 fully saturated rings. The van der Waals surface area contributed by atoms with E-state index in [9.17, 15) is 12.8 Å². The summed E-state index contributed by atoms with van der Waals surface area (Å²) in [4.78, 5) is 3.80. The normalized spacial score (nSPS) is 13.4. The largest absolute Gasteiger partial charge is 0.251 e. The van der Waals surface area contributed by atoms with Crippen molar-refractivity contribution in [3.05, 3.63) is 42.7 Å². The summed E-state index contributed by atoms with van der Waals surface area (Å²) < 4.78 is 40.8. The lowest BCUT2D eigenvalue weighted by atomic mass is 10.4. The molecule has 1 N–H and O–H groups in total. The lowest BCUT2D eigenvalue weighted by Gasteiger charge is -2.13. The first-order chi connectivity index (χ1) is 8.97. The molecule has 8 heteroatoms. The van der Waals surface area contributed by atoms with Crippen LogP contribution >= 0.6 is 0 Å². The Kier molecular flexibility index (Phi) is 3.91. The van der Waals surface area contributed by atoms with Crippen LogP contribution in [0.2, 0.25) is 0 Å². The maximum Gasteiger partial charge on any atom is 0.240 e. The van der Waals surface area contributed by atoms with Gasteiger partial charge in [-0.3, -0.25) is 4.68 Å². The third kappa shape index (κ3) is 3.58. The third-order valence-corrected chi connectivity index (χ3v) is 4.01. The van der Waals surface area contributed by atoms with Gasteiger partial charge in [0.15, 0.2) is 0 Å². The molecule has 0 aliphatic carbocycles. The first-order valence-corrected chi connectivity index (χ1v) is 7.06. The molecule has 0 radical (unpaired) electrons. The monoisotopic (exact) mass is 284 g/mol. The van der Waals surface area contributed by atoms with Gasteiger partial charge >= 0.3 is 0 Å². The molecular formula is C11H13FN4O2S. The SMILES string of the molecule is CC(Cn1cncn1)NS(=O)(=O)c1ccc(F)cc1. The minimum atomic E-state index is -3.66. The Morgan fingerprint density at radius 1 is 1.37 bits per heavy atom. The molecule has 0 bridgehead atoms. The average molecular weight is 284 g/mol. The predicted molar refractivity (Wildman–Crippen MR) is 66.2 cm³/mol. The topological polar surface area (TPSA) is 76.9 Å². The lowest BCUT2D eigenvalue weighted by Crippen LogP contribution is -2.35. The van der Waals surface area contributed by atoms with Gasteiger partial charge in [0.05, 0.1) is 11.4 Å². The van der Waals surface area contributed by atoms with E-state index in [0.29, 0.717) is 6.54 Å². The van der Waals surface area contributed by atoms with Crippen molar-refractivity contribution in [3.63, 3.8) is 0 Å². The van der Waals surface area contributed by atoms with Crippen molar-refractivity contribution >= 4 is 10.0 Å². The molecular weight excluding hydrogens is 271 g/mol. The predicted octanol–water partition coefficient (Wildman–Crippen LogP) is 0.784. The Morgan fingerprint density at radius 2 is 2.05 bits per heavy atom. The summed E-state index contributed by atoms with van der Waals surface area (Å²) in [6.45, 7) is 2.07. The molecule has 2 aromatic rings. The Morgan fingerprint density at radius 3 is 2.63 bits per heavy atom. The van der Waals surface area contributed by atoms with Gasteiger partial charge in [-0.25, -0.2) is 22.5 Å². The molecule has 1 unspecified atom stereocenters. The summed E-state index contributed by atoms with van der Waals surface area (Å²) in [6, 6.07) is 4.30. The summed E-state index contributed by atoms with van der Waals surface area (Å²) in [5.74, 6) is -0.477. The maximum absolute atomic E-state index is 12.8. The van der Waals surface area contributed by atoms with Gasteiger partial charge in [0.1, 0.15) is 18.5 Å². The van der Waals surface area contributed by atoms with Crippen molar-refractivity contribution in [2.24, 2.45) is 0 Å². The second-order valence-corrected chi connectivity index (χ2v) is 5.81. The van der Waals surface area contributed by atoms with Gasteiger partial charge in [0, 0.05) is 6.04 Å². The highest BCUT2D eigenvalue weighted by atomic mass is 32.2. The third-order valence-electron chi connectivity index (χ3n) is 2.41. The van der Waals surface area contributed by atoms with Gasteiger partial charge in [-0.15, -0.1) is 0 Å². The van der Waals surface area contributed by atoms with Crippen LogP contribution in [0.5, 0.6) is 0 Å². The number of rotatable bonds is 5. The summed E-state index contributed by atoms with van der Waals surface area (Å²) in [6.07, 6.45) is 2.88. The van der Waals surface area contributed by atoms with Crippen LogP contribution < -0.4 is 4.72 Å². The summed E-state index contributed by atoms with van der Waals surface area (Å²) in [5.41, 5.74) is 0. The van der Waals surface area contributed by atoms with Crippen LogP contribution in [0, 0.1) is 5.82 Å². The zero-order chi connectivity index (χ0) is 13.9. The molecule has 0 amide bonds. The Bertz CT molecular complexity index is 625. The van der Waals surface area contributed by atoms with E-state index in [1.165, 1.54) is 29.5 Å². The fourth-order valence-corrected chi connectivity index (χ4v) is 2.83. The second-order valence-electron chi connectivity index (χ2n) is 4.09. The molecule has 1 aromatic heterocycles. The molecule has 19 heavy (non-hydrogen) atoms. The summed E-state index contributed by atoms with van der Waals surface area (Å²) in [7, 11) is -3.66. The van der Waals surface area contributed by atoms with Crippen molar-refractivity contribution in [2.75, 3.05) is 0 Å². The molecule has 102 valence electrons. The smallest absolute Gasteiger partial charge is 0.240 e. The van der Waals surface area contributed by atoms with Gasteiger partial charge in [-0.05, 0) is 31.2 Å². The van der Waals surface area contributed by atoms with Gasteiger partial charge < -0.3 is 0 Å². The number of nitrogens with one attached hydrogen (secondary N) is 1. The zero-order valence-electron chi connectivity index (χ0n) is 10.2. The number of hydrogen-bond donors (Lipinski definition) is 1. The Balaban J connectivity index is 2.06. The van der Waals surface area contributed by atoms with Gasteiger partial charge in [0.2, 0.25) is 10.0 Å². The molecule has 0 saturated carbocycles. The van der Waals surface area contributed by atoms with Crippen LogP contribution in [0.4, 0.5) is 4.39 Å². The van der Waals surface area contributed by atoms with E-state index in [2.05, 4.69) is 14.8 Å². The molecule has 0 aliphatic rings. The van der Waals surface area contributed by atoms with Crippen molar-refractivity contribution in [1.82, 2.24) is 19.5 Å². The van der Waals surface area contributed by atoms with E-state index in [-0.39, 0.29) is 10.9 Å². The summed E-state index contributed by atoms with van der Waals surface area (Å²) >= 11 is 0. The van der Waals surface area contributed by atoms with Crippen LogP contribution in [0.15, 0.2) is 41.8 Å². The van der Waals surface area contributed by atoms with Crippen LogP contribution in [0.25, 0.3) is 0 Å². The van der Waals surface area contributed by atoms with Gasteiger partial charge in [-0.2, -0.15) is 5.10 Å². The molecule has 1 aromatic carbocycles. The molecule has 0 aliphatic heterocycles. The second kappa shape index (κ2) is 5.45. The van der Waals surface area contributed by atoms with Crippen LogP contribution in [0.3, 0.4) is 0 Å². The minimum Gasteiger partial charge on any atom is -0.251 e. The molecule has 1 atom stereocenters. The van der Waals surface area contributed by atoms with Crippen LogP contribution in [0.1, 0.15) is 6.92 Å². The van der Waals surface area contributed by atoms with Crippen molar-refractivity contribution in [1.29, 1.82) is 0 Å². The number of halogens is 1. The molecule has 0 spiro atoms. The molecule has 1 heterocycles. The van der Waals surface area contributed by atoms with Crippen LogP contribution in [-0.4, -0.2) is 29.2 Å². The van der Waals surface area contributed by atoms with Gasteiger partial charge in [0.25, 0.3) is 0 Å². The maximum atomic E-state index is 12.8. The molecule has 0 saturated heterocycles. The highest BCUT2D eigenvalue weighted by Gasteiger charge is 2.17. The van der Waals surface area contributed by atoms with Crippen molar-refractivity contribution in [3.8, 4) is 0 Å². The zero-order valence-corrected chi connectivity index (χ0v) is 11.0. The number of hydrogen-bond acceptors (Lipinski definition) is 4. The minimum absolute atomic E-state index is 0.0272.